The Hall–Kier alpha value is -1.88. The van der Waals surface area contributed by atoms with Gasteiger partial charge in [-0.2, -0.15) is 0 Å². The van der Waals surface area contributed by atoms with Crippen LogP contribution in [0.3, 0.4) is 0 Å². The summed E-state index contributed by atoms with van der Waals surface area (Å²) in [6.45, 7) is 1.94. The van der Waals surface area contributed by atoms with E-state index in [1.165, 1.54) is 0 Å². The molecule has 102 valence electrons. The van der Waals surface area contributed by atoms with Gasteiger partial charge >= 0.3 is 0 Å². The predicted octanol–water partition coefficient (Wildman–Crippen LogP) is 3.34. The van der Waals surface area contributed by atoms with E-state index in [2.05, 4.69) is 10.4 Å². The van der Waals surface area contributed by atoms with Gasteiger partial charge in [0.05, 0.1) is 10.7 Å². The normalized spacial score (nSPS) is 12.8. The van der Waals surface area contributed by atoms with E-state index in [-0.39, 0.29) is 6.04 Å². The van der Waals surface area contributed by atoms with Crippen LogP contribution in [0.15, 0.2) is 46.9 Å². The first-order chi connectivity index (χ1) is 9.69. The molecule has 0 aliphatic heterocycles. The molecule has 2 heterocycles. The Kier molecular flexibility index (Phi) is 3.44. The number of hydrazine groups is 1. The molecule has 3 rings (SSSR count). The van der Waals surface area contributed by atoms with Crippen LogP contribution in [0, 0.1) is 6.92 Å². The quantitative estimate of drug-likeness (QED) is 0.573. The average molecular weight is 288 g/mol. The Balaban J connectivity index is 2.09. The van der Waals surface area contributed by atoms with Gasteiger partial charge in [-0.05, 0) is 31.2 Å². The van der Waals surface area contributed by atoms with Crippen molar-refractivity contribution in [2.24, 2.45) is 5.84 Å². The molecule has 3 N–H and O–H groups in total. The number of aryl methyl sites for hydroxylation is 1. The number of pyridine rings is 1. The van der Waals surface area contributed by atoms with Gasteiger partial charge in [-0.3, -0.25) is 10.8 Å². The summed E-state index contributed by atoms with van der Waals surface area (Å²) in [5, 5.41) is 1.53. The molecule has 0 saturated heterocycles. The Morgan fingerprint density at radius 2 is 2.05 bits per heavy atom. The second-order valence-corrected chi connectivity index (χ2v) is 5.02. The second-order valence-electron chi connectivity index (χ2n) is 4.61. The van der Waals surface area contributed by atoms with Gasteiger partial charge in [0.2, 0.25) is 0 Å². The zero-order valence-corrected chi connectivity index (χ0v) is 11.7. The van der Waals surface area contributed by atoms with E-state index in [9.17, 15) is 0 Å². The zero-order valence-electron chi connectivity index (χ0n) is 10.9. The van der Waals surface area contributed by atoms with Crippen LogP contribution in [0.25, 0.3) is 11.0 Å². The van der Waals surface area contributed by atoms with Gasteiger partial charge in [0.1, 0.15) is 11.8 Å². The summed E-state index contributed by atoms with van der Waals surface area (Å²) in [6, 6.07) is 13.0. The minimum Gasteiger partial charge on any atom is -0.457 e. The maximum absolute atomic E-state index is 6.13. The Labute approximate surface area is 121 Å². The number of hydrogen-bond donors (Lipinski definition) is 2. The van der Waals surface area contributed by atoms with Crippen molar-refractivity contribution in [3.63, 3.8) is 0 Å². The molecule has 0 aliphatic carbocycles. The highest BCUT2D eigenvalue weighted by Crippen LogP contribution is 2.31. The lowest BCUT2D eigenvalue weighted by Crippen LogP contribution is -2.29. The number of nitrogens with two attached hydrogens (primary N) is 1. The zero-order chi connectivity index (χ0) is 14.1. The summed E-state index contributed by atoms with van der Waals surface area (Å²) in [7, 11) is 0. The number of benzene rings is 1. The first kappa shape index (κ1) is 13.1. The molecule has 4 nitrogen and oxygen atoms in total. The van der Waals surface area contributed by atoms with Gasteiger partial charge in [0.15, 0.2) is 5.58 Å². The van der Waals surface area contributed by atoms with Crippen LogP contribution in [-0.2, 0) is 0 Å². The van der Waals surface area contributed by atoms with Crippen molar-refractivity contribution in [3.8, 4) is 0 Å². The Bertz CT molecular complexity index is 754. The molecule has 1 atom stereocenters. The number of furan rings is 1. The van der Waals surface area contributed by atoms with Gasteiger partial charge in [0.25, 0.3) is 0 Å². The van der Waals surface area contributed by atoms with Crippen LogP contribution in [-0.4, -0.2) is 4.98 Å². The number of rotatable bonds is 3. The number of nitrogens with zero attached hydrogens (tertiary/aromatic N) is 1. The lowest BCUT2D eigenvalue weighted by atomic mass is 10.1. The molecule has 0 radical (unpaired) electrons. The van der Waals surface area contributed by atoms with Crippen molar-refractivity contribution in [2.45, 2.75) is 13.0 Å². The van der Waals surface area contributed by atoms with Crippen LogP contribution in [0.5, 0.6) is 0 Å². The van der Waals surface area contributed by atoms with E-state index >= 15 is 0 Å². The summed E-state index contributed by atoms with van der Waals surface area (Å²) in [5.41, 5.74) is 5.14. The van der Waals surface area contributed by atoms with Crippen LogP contribution in [0.2, 0.25) is 5.02 Å². The molecule has 0 bridgehead atoms. The molecule has 0 saturated carbocycles. The number of para-hydroxylation sites is 1. The highest BCUT2D eigenvalue weighted by atomic mass is 35.5. The van der Waals surface area contributed by atoms with Gasteiger partial charge in [-0.15, -0.1) is 0 Å². The third-order valence-corrected chi connectivity index (χ3v) is 3.47. The van der Waals surface area contributed by atoms with Crippen molar-refractivity contribution in [1.29, 1.82) is 0 Å². The van der Waals surface area contributed by atoms with Crippen LogP contribution < -0.4 is 11.3 Å². The second kappa shape index (κ2) is 5.25. The van der Waals surface area contributed by atoms with E-state index in [0.717, 1.165) is 16.8 Å². The highest BCUT2D eigenvalue weighted by molar-refractivity contribution is 6.34. The maximum atomic E-state index is 6.13. The standard InChI is InChI=1S/C15H14ClN3O/c1-9-4-2-7-12(18-9)14(19-17)13-8-10-5-3-6-11(16)15(10)20-13/h2-8,14,19H,17H2,1H3. The SMILES string of the molecule is Cc1cccc(C(NN)c2cc3cccc(Cl)c3o2)n1. The lowest BCUT2D eigenvalue weighted by molar-refractivity contribution is 0.471. The molecule has 3 aromatic rings. The van der Waals surface area contributed by atoms with E-state index in [1.54, 1.807) is 6.07 Å². The molecule has 0 fully saturated rings. The monoisotopic (exact) mass is 287 g/mol. The molecule has 1 aromatic carbocycles. The molecule has 5 heteroatoms. The smallest absolute Gasteiger partial charge is 0.152 e. The van der Waals surface area contributed by atoms with Gasteiger partial charge < -0.3 is 4.42 Å². The van der Waals surface area contributed by atoms with Crippen molar-refractivity contribution < 1.29 is 4.42 Å². The summed E-state index contributed by atoms with van der Waals surface area (Å²) in [4.78, 5) is 4.48. The van der Waals surface area contributed by atoms with E-state index in [0.29, 0.717) is 16.4 Å². The van der Waals surface area contributed by atoms with Gasteiger partial charge in [0, 0.05) is 11.1 Å². The lowest BCUT2D eigenvalue weighted by Gasteiger charge is -2.13. The fraction of sp³-hybridized carbons (Fsp3) is 0.133. The van der Waals surface area contributed by atoms with Gasteiger partial charge in [-0.25, -0.2) is 5.43 Å². The van der Waals surface area contributed by atoms with Crippen LogP contribution in [0.4, 0.5) is 0 Å². The summed E-state index contributed by atoms with van der Waals surface area (Å²) >= 11 is 6.13. The fourth-order valence-electron chi connectivity index (χ4n) is 2.23. The molecule has 0 aliphatic rings. The summed E-state index contributed by atoms with van der Waals surface area (Å²) in [5.74, 6) is 6.35. The molecular weight excluding hydrogens is 274 g/mol. The van der Waals surface area contributed by atoms with E-state index in [4.69, 9.17) is 21.9 Å². The third-order valence-electron chi connectivity index (χ3n) is 3.17. The van der Waals surface area contributed by atoms with E-state index < -0.39 is 0 Å². The predicted molar refractivity (Wildman–Crippen MR) is 79.4 cm³/mol. The molecule has 1 unspecified atom stereocenters. The largest absolute Gasteiger partial charge is 0.457 e. The van der Waals surface area contributed by atoms with Crippen molar-refractivity contribution in [3.05, 3.63) is 64.6 Å². The number of halogens is 1. The summed E-state index contributed by atoms with van der Waals surface area (Å²) in [6.07, 6.45) is 0. The Morgan fingerprint density at radius 1 is 1.25 bits per heavy atom. The van der Waals surface area contributed by atoms with Crippen molar-refractivity contribution >= 4 is 22.6 Å². The van der Waals surface area contributed by atoms with Crippen molar-refractivity contribution in [2.75, 3.05) is 0 Å². The molecular formula is C15H14ClN3O. The highest BCUT2D eigenvalue weighted by Gasteiger charge is 2.19. The number of nitrogens with one attached hydrogen (secondary N) is 1. The molecule has 20 heavy (non-hydrogen) atoms. The minimum absolute atomic E-state index is 0.307. The molecule has 0 amide bonds. The number of hydrogen-bond acceptors (Lipinski definition) is 4. The molecule has 0 spiro atoms. The number of aromatic nitrogens is 1. The van der Waals surface area contributed by atoms with Crippen molar-refractivity contribution in [1.82, 2.24) is 10.4 Å². The maximum Gasteiger partial charge on any atom is 0.152 e. The third kappa shape index (κ3) is 2.29. The first-order valence-electron chi connectivity index (χ1n) is 6.26. The molecule has 2 aromatic heterocycles. The number of fused-ring (bicyclic) bond motifs is 1. The Morgan fingerprint density at radius 3 is 2.75 bits per heavy atom. The van der Waals surface area contributed by atoms with Crippen LogP contribution in [0.1, 0.15) is 23.2 Å². The first-order valence-corrected chi connectivity index (χ1v) is 6.64. The van der Waals surface area contributed by atoms with Gasteiger partial charge in [-0.1, -0.05) is 29.8 Å². The fourth-order valence-corrected chi connectivity index (χ4v) is 2.45. The van der Waals surface area contributed by atoms with Crippen LogP contribution >= 0.6 is 11.6 Å². The topological polar surface area (TPSA) is 64.1 Å². The summed E-state index contributed by atoms with van der Waals surface area (Å²) < 4.78 is 5.83. The van der Waals surface area contributed by atoms with E-state index in [1.807, 2.05) is 43.3 Å². The average Bonchev–Trinajstić information content (AvgIpc) is 2.85. The minimum atomic E-state index is -0.307.